The molecule has 1 aliphatic rings. The standard InChI is InChI=1S/C14H19N5OS/c1-3-11(15-2)12-7-6-10(8-16-12)21-14-18-17-13(20)19(14)9-4-5-9/h6-9,11,15H,3-5H2,1-2H3,(H,17,20). The molecule has 0 amide bonds. The zero-order valence-corrected chi connectivity index (χ0v) is 13.0. The predicted octanol–water partition coefficient (Wildman–Crippen LogP) is 2.12. The highest BCUT2D eigenvalue weighted by Crippen LogP contribution is 2.37. The first-order valence-electron chi connectivity index (χ1n) is 7.21. The highest BCUT2D eigenvalue weighted by molar-refractivity contribution is 7.99. The number of pyridine rings is 1. The van der Waals surface area contributed by atoms with Gasteiger partial charge in [-0.1, -0.05) is 6.92 Å². The Kier molecular flexibility index (Phi) is 4.12. The summed E-state index contributed by atoms with van der Waals surface area (Å²) in [7, 11) is 1.94. The van der Waals surface area contributed by atoms with Gasteiger partial charge in [0.15, 0.2) is 5.16 Å². The molecule has 0 aliphatic heterocycles. The Balaban J connectivity index is 1.78. The van der Waals surface area contributed by atoms with Crippen molar-refractivity contribution in [1.82, 2.24) is 25.1 Å². The first kappa shape index (κ1) is 14.3. The van der Waals surface area contributed by atoms with E-state index in [2.05, 4.69) is 27.4 Å². The van der Waals surface area contributed by atoms with E-state index >= 15 is 0 Å². The summed E-state index contributed by atoms with van der Waals surface area (Å²) in [5.74, 6) is 0. The molecule has 1 unspecified atom stereocenters. The van der Waals surface area contributed by atoms with E-state index in [0.29, 0.717) is 6.04 Å². The van der Waals surface area contributed by atoms with Crippen LogP contribution in [0.1, 0.15) is 44.0 Å². The van der Waals surface area contributed by atoms with Crippen molar-refractivity contribution in [2.24, 2.45) is 0 Å². The monoisotopic (exact) mass is 305 g/mol. The maximum Gasteiger partial charge on any atom is 0.344 e. The number of H-pyrrole nitrogens is 1. The SMILES string of the molecule is CCC(NC)c1ccc(Sc2n[nH]c(=O)n2C2CC2)cn1. The Morgan fingerprint density at radius 1 is 1.52 bits per heavy atom. The van der Waals surface area contributed by atoms with Crippen LogP contribution >= 0.6 is 11.8 Å². The minimum Gasteiger partial charge on any atom is -0.312 e. The second-order valence-corrected chi connectivity index (χ2v) is 6.22. The zero-order chi connectivity index (χ0) is 14.8. The summed E-state index contributed by atoms with van der Waals surface area (Å²) in [6.07, 6.45) is 4.96. The maximum absolute atomic E-state index is 11.7. The van der Waals surface area contributed by atoms with Crippen molar-refractivity contribution in [2.45, 2.75) is 48.3 Å². The molecule has 112 valence electrons. The van der Waals surface area contributed by atoms with Crippen LogP contribution in [0.4, 0.5) is 0 Å². The van der Waals surface area contributed by atoms with Crippen molar-refractivity contribution in [2.75, 3.05) is 7.05 Å². The molecule has 0 bridgehead atoms. The second kappa shape index (κ2) is 6.03. The highest BCUT2D eigenvalue weighted by atomic mass is 32.2. The molecule has 0 radical (unpaired) electrons. The van der Waals surface area contributed by atoms with Gasteiger partial charge < -0.3 is 5.32 Å². The molecule has 2 aromatic heterocycles. The van der Waals surface area contributed by atoms with Crippen LogP contribution < -0.4 is 11.0 Å². The van der Waals surface area contributed by atoms with E-state index in [9.17, 15) is 4.79 Å². The molecule has 2 N–H and O–H groups in total. The predicted molar refractivity (Wildman–Crippen MR) is 81.6 cm³/mol. The van der Waals surface area contributed by atoms with E-state index in [-0.39, 0.29) is 11.7 Å². The quantitative estimate of drug-likeness (QED) is 0.855. The molecule has 1 fully saturated rings. The van der Waals surface area contributed by atoms with Gasteiger partial charge in [-0.3, -0.25) is 9.55 Å². The fourth-order valence-electron chi connectivity index (χ4n) is 2.34. The maximum atomic E-state index is 11.7. The molecule has 0 aromatic carbocycles. The van der Waals surface area contributed by atoms with Crippen molar-refractivity contribution in [3.8, 4) is 0 Å². The van der Waals surface area contributed by atoms with E-state index < -0.39 is 0 Å². The van der Waals surface area contributed by atoms with E-state index in [1.807, 2.05) is 25.4 Å². The lowest BCUT2D eigenvalue weighted by Crippen LogP contribution is -2.16. The Bertz CT molecular complexity index is 655. The average Bonchev–Trinajstić information content (AvgIpc) is 3.27. The van der Waals surface area contributed by atoms with Crippen molar-refractivity contribution < 1.29 is 0 Å². The number of hydrogen-bond donors (Lipinski definition) is 2. The molecule has 1 saturated carbocycles. The number of nitrogens with zero attached hydrogens (tertiary/aromatic N) is 3. The van der Waals surface area contributed by atoms with Crippen molar-refractivity contribution in [1.29, 1.82) is 0 Å². The first-order valence-corrected chi connectivity index (χ1v) is 8.02. The smallest absolute Gasteiger partial charge is 0.312 e. The molecule has 1 aliphatic carbocycles. The van der Waals surface area contributed by atoms with Gasteiger partial charge in [0.1, 0.15) is 0 Å². The lowest BCUT2D eigenvalue weighted by Gasteiger charge is -2.13. The molecular weight excluding hydrogens is 286 g/mol. The third-order valence-corrected chi connectivity index (χ3v) is 4.61. The van der Waals surface area contributed by atoms with Crippen LogP contribution in [0.3, 0.4) is 0 Å². The molecule has 21 heavy (non-hydrogen) atoms. The van der Waals surface area contributed by atoms with E-state index in [1.165, 1.54) is 11.8 Å². The average molecular weight is 305 g/mol. The number of hydrogen-bond acceptors (Lipinski definition) is 5. The molecule has 0 spiro atoms. The Labute approximate surface area is 127 Å². The molecule has 6 nitrogen and oxygen atoms in total. The lowest BCUT2D eigenvalue weighted by molar-refractivity contribution is 0.561. The first-order chi connectivity index (χ1) is 10.2. The third kappa shape index (κ3) is 3.03. The normalized spacial score (nSPS) is 16.1. The molecule has 2 heterocycles. The van der Waals surface area contributed by atoms with Gasteiger partial charge in [0.2, 0.25) is 0 Å². The molecule has 2 aromatic rings. The molecular formula is C14H19N5OS. The van der Waals surface area contributed by atoms with Gasteiger partial charge in [0, 0.05) is 23.2 Å². The summed E-state index contributed by atoms with van der Waals surface area (Å²) in [5, 5.41) is 10.6. The Morgan fingerprint density at radius 2 is 2.33 bits per heavy atom. The van der Waals surface area contributed by atoms with Gasteiger partial charge in [-0.15, -0.1) is 5.10 Å². The largest absolute Gasteiger partial charge is 0.344 e. The second-order valence-electron chi connectivity index (χ2n) is 5.18. The minimum atomic E-state index is -0.120. The fourth-order valence-corrected chi connectivity index (χ4v) is 3.22. The molecule has 0 saturated heterocycles. The van der Waals surface area contributed by atoms with Crippen molar-refractivity contribution in [3.63, 3.8) is 0 Å². The summed E-state index contributed by atoms with van der Waals surface area (Å²) in [6.45, 7) is 2.13. The van der Waals surface area contributed by atoms with E-state index in [0.717, 1.165) is 35.0 Å². The molecule has 1 atom stereocenters. The summed E-state index contributed by atoms with van der Waals surface area (Å²) < 4.78 is 1.75. The van der Waals surface area contributed by atoms with Gasteiger partial charge in [0.25, 0.3) is 0 Å². The Hall–Kier alpha value is -1.60. The van der Waals surface area contributed by atoms with Crippen molar-refractivity contribution in [3.05, 3.63) is 34.5 Å². The summed E-state index contributed by atoms with van der Waals surface area (Å²) >= 11 is 1.48. The number of aromatic amines is 1. The van der Waals surface area contributed by atoms with Crippen LogP contribution in [0, 0.1) is 0 Å². The summed E-state index contributed by atoms with van der Waals surface area (Å²) in [4.78, 5) is 17.2. The van der Waals surface area contributed by atoms with E-state index in [4.69, 9.17) is 0 Å². The van der Waals surface area contributed by atoms with Crippen LogP contribution in [0.15, 0.2) is 33.2 Å². The van der Waals surface area contributed by atoms with E-state index in [1.54, 1.807) is 4.57 Å². The van der Waals surface area contributed by atoms with Gasteiger partial charge in [0.05, 0.1) is 5.69 Å². The van der Waals surface area contributed by atoms with Gasteiger partial charge in [-0.2, -0.15) is 0 Å². The number of nitrogens with one attached hydrogen (secondary N) is 2. The number of aromatic nitrogens is 4. The van der Waals surface area contributed by atoms with Crippen LogP contribution in [0.5, 0.6) is 0 Å². The van der Waals surface area contributed by atoms with Gasteiger partial charge in [-0.05, 0) is 50.2 Å². The van der Waals surface area contributed by atoms with Gasteiger partial charge >= 0.3 is 5.69 Å². The van der Waals surface area contributed by atoms with Crippen LogP contribution in [0.25, 0.3) is 0 Å². The van der Waals surface area contributed by atoms with Gasteiger partial charge in [-0.25, -0.2) is 9.89 Å². The summed E-state index contributed by atoms with van der Waals surface area (Å²) in [6, 6.07) is 4.65. The van der Waals surface area contributed by atoms with Crippen LogP contribution in [-0.2, 0) is 0 Å². The molecule has 7 heteroatoms. The van der Waals surface area contributed by atoms with Crippen LogP contribution in [-0.4, -0.2) is 26.8 Å². The highest BCUT2D eigenvalue weighted by Gasteiger charge is 2.28. The lowest BCUT2D eigenvalue weighted by atomic mass is 10.1. The van der Waals surface area contributed by atoms with Crippen LogP contribution in [0.2, 0.25) is 0 Å². The fraction of sp³-hybridized carbons (Fsp3) is 0.500. The zero-order valence-electron chi connectivity index (χ0n) is 12.2. The minimum absolute atomic E-state index is 0.120. The molecule has 3 rings (SSSR count). The number of rotatable bonds is 6. The summed E-state index contributed by atoms with van der Waals surface area (Å²) in [5.41, 5.74) is 0.914. The third-order valence-electron chi connectivity index (χ3n) is 3.67. The topological polar surface area (TPSA) is 75.6 Å². The Morgan fingerprint density at radius 3 is 2.90 bits per heavy atom. The van der Waals surface area contributed by atoms with Crippen molar-refractivity contribution >= 4 is 11.8 Å².